The Morgan fingerprint density at radius 1 is 1.00 bits per heavy atom. The highest BCUT2D eigenvalue weighted by Gasteiger charge is 2.21. The van der Waals surface area contributed by atoms with Crippen LogP contribution in [-0.2, 0) is 36.3 Å². The number of hydrogen-bond donors (Lipinski definition) is 1. The smallest absolute Gasteiger partial charge is 0.329 e. The normalized spacial score (nSPS) is 14.0. The van der Waals surface area contributed by atoms with E-state index in [0.29, 0.717) is 19.5 Å². The minimum atomic E-state index is -0.226. The van der Waals surface area contributed by atoms with Crippen LogP contribution in [0.4, 0.5) is 0 Å². The van der Waals surface area contributed by atoms with Gasteiger partial charge in [-0.15, -0.1) is 0 Å². The van der Waals surface area contributed by atoms with Crippen molar-refractivity contribution in [1.29, 1.82) is 0 Å². The van der Waals surface area contributed by atoms with Gasteiger partial charge in [-0.3, -0.25) is 18.7 Å². The van der Waals surface area contributed by atoms with E-state index in [1.807, 2.05) is 53.4 Å². The van der Waals surface area contributed by atoms with Crippen LogP contribution in [-0.4, -0.2) is 32.4 Å². The number of benzene rings is 2. The summed E-state index contributed by atoms with van der Waals surface area (Å²) < 4.78 is 3.03. The third kappa shape index (κ3) is 3.81. The second-order valence-corrected chi connectivity index (χ2v) is 7.38. The van der Waals surface area contributed by atoms with Gasteiger partial charge in [0.05, 0.1) is 11.0 Å². The lowest BCUT2D eigenvalue weighted by Crippen LogP contribution is -2.32. The van der Waals surface area contributed by atoms with Gasteiger partial charge < -0.3 is 10.2 Å². The molecule has 1 saturated heterocycles. The number of aryl methyl sites for hydroxylation is 1. The van der Waals surface area contributed by atoms with Crippen LogP contribution < -0.4 is 11.0 Å². The number of para-hydroxylation sites is 2. The van der Waals surface area contributed by atoms with E-state index in [1.165, 1.54) is 4.57 Å². The van der Waals surface area contributed by atoms with E-state index in [2.05, 4.69) is 5.32 Å². The van der Waals surface area contributed by atoms with Crippen molar-refractivity contribution in [2.24, 2.45) is 7.05 Å². The van der Waals surface area contributed by atoms with Crippen molar-refractivity contribution in [2.75, 3.05) is 6.54 Å². The van der Waals surface area contributed by atoms with Gasteiger partial charge in [0.15, 0.2) is 0 Å². The number of fused-ring (bicyclic) bond motifs is 1. The minimum Gasteiger partial charge on any atom is -0.350 e. The first-order chi connectivity index (χ1) is 14.0. The Labute approximate surface area is 168 Å². The number of amides is 2. The molecule has 1 aromatic heterocycles. The Kier molecular flexibility index (Phi) is 5.20. The van der Waals surface area contributed by atoms with Crippen molar-refractivity contribution in [3.05, 3.63) is 70.1 Å². The molecule has 4 rings (SSSR count). The molecule has 0 saturated carbocycles. The van der Waals surface area contributed by atoms with Gasteiger partial charge in [0.25, 0.3) is 0 Å². The number of aromatic nitrogens is 2. The van der Waals surface area contributed by atoms with Gasteiger partial charge in [-0.1, -0.05) is 36.4 Å². The van der Waals surface area contributed by atoms with Crippen LogP contribution in [0.1, 0.15) is 24.0 Å². The molecule has 2 heterocycles. The first kappa shape index (κ1) is 19.0. The summed E-state index contributed by atoms with van der Waals surface area (Å²) in [6.07, 6.45) is 1.51. The van der Waals surface area contributed by atoms with E-state index in [1.54, 1.807) is 11.6 Å². The monoisotopic (exact) mass is 392 g/mol. The van der Waals surface area contributed by atoms with Gasteiger partial charge >= 0.3 is 5.69 Å². The average molecular weight is 392 g/mol. The number of hydrogen-bond acceptors (Lipinski definition) is 3. The maximum Gasteiger partial charge on any atom is 0.329 e. The first-order valence-corrected chi connectivity index (χ1v) is 9.80. The van der Waals surface area contributed by atoms with Crippen molar-refractivity contribution >= 4 is 22.8 Å². The zero-order valence-corrected chi connectivity index (χ0v) is 16.4. The molecular formula is C22H24N4O3. The van der Waals surface area contributed by atoms with Crippen LogP contribution in [0.2, 0.25) is 0 Å². The number of carbonyl (C=O) groups excluding carboxylic acids is 2. The molecule has 1 aliphatic heterocycles. The molecule has 150 valence electrons. The van der Waals surface area contributed by atoms with E-state index in [0.717, 1.165) is 35.1 Å². The predicted molar refractivity (Wildman–Crippen MR) is 110 cm³/mol. The fourth-order valence-electron chi connectivity index (χ4n) is 3.87. The minimum absolute atomic E-state index is 0.0348. The lowest BCUT2D eigenvalue weighted by molar-refractivity contribution is -0.128. The van der Waals surface area contributed by atoms with Gasteiger partial charge in [0, 0.05) is 33.1 Å². The lowest BCUT2D eigenvalue weighted by atomic mass is 10.1. The zero-order valence-electron chi connectivity index (χ0n) is 16.4. The molecule has 0 atom stereocenters. The number of nitrogens with one attached hydrogen (secondary N) is 1. The largest absolute Gasteiger partial charge is 0.350 e. The highest BCUT2D eigenvalue weighted by molar-refractivity contribution is 5.81. The van der Waals surface area contributed by atoms with Gasteiger partial charge in [-0.25, -0.2) is 4.79 Å². The van der Waals surface area contributed by atoms with E-state index in [4.69, 9.17) is 0 Å². The van der Waals surface area contributed by atoms with Gasteiger partial charge in [-0.05, 0) is 29.7 Å². The van der Waals surface area contributed by atoms with Crippen molar-refractivity contribution in [3.8, 4) is 0 Å². The van der Waals surface area contributed by atoms with Crippen molar-refractivity contribution in [1.82, 2.24) is 19.4 Å². The van der Waals surface area contributed by atoms with Gasteiger partial charge in [0.2, 0.25) is 11.8 Å². The summed E-state index contributed by atoms with van der Waals surface area (Å²) in [4.78, 5) is 38.8. The Balaban J connectivity index is 1.45. The summed E-state index contributed by atoms with van der Waals surface area (Å²) in [5, 5.41) is 2.91. The van der Waals surface area contributed by atoms with Crippen LogP contribution in [0.5, 0.6) is 0 Å². The van der Waals surface area contributed by atoms with E-state index >= 15 is 0 Å². The Hall–Kier alpha value is -3.35. The summed E-state index contributed by atoms with van der Waals surface area (Å²) in [6, 6.07) is 15.2. The van der Waals surface area contributed by atoms with E-state index < -0.39 is 0 Å². The summed E-state index contributed by atoms with van der Waals surface area (Å²) in [5.41, 5.74) is 3.33. The van der Waals surface area contributed by atoms with Gasteiger partial charge in [-0.2, -0.15) is 0 Å². The molecule has 2 amide bonds. The second-order valence-electron chi connectivity index (χ2n) is 7.38. The fourth-order valence-corrected chi connectivity index (χ4v) is 3.87. The summed E-state index contributed by atoms with van der Waals surface area (Å²) in [5.74, 6) is -0.0466. The molecule has 1 aliphatic rings. The summed E-state index contributed by atoms with van der Waals surface area (Å²) in [6.45, 7) is 1.67. The molecule has 0 spiro atoms. The molecule has 0 radical (unpaired) electrons. The molecule has 0 bridgehead atoms. The molecule has 3 aromatic rings. The Bertz CT molecular complexity index is 1130. The summed E-state index contributed by atoms with van der Waals surface area (Å²) >= 11 is 0. The molecule has 29 heavy (non-hydrogen) atoms. The van der Waals surface area contributed by atoms with Crippen LogP contribution in [0.25, 0.3) is 11.0 Å². The molecule has 7 nitrogen and oxygen atoms in total. The SMILES string of the molecule is Cn1c(=O)n(CC(=O)NCc2ccccc2CN2CCCC2=O)c2ccccc21. The van der Waals surface area contributed by atoms with Crippen molar-refractivity contribution < 1.29 is 9.59 Å². The lowest BCUT2D eigenvalue weighted by Gasteiger charge is -2.18. The predicted octanol–water partition coefficient (Wildman–Crippen LogP) is 1.78. The van der Waals surface area contributed by atoms with Crippen molar-refractivity contribution in [2.45, 2.75) is 32.5 Å². The van der Waals surface area contributed by atoms with E-state index in [9.17, 15) is 14.4 Å². The number of carbonyl (C=O) groups is 2. The molecule has 1 N–H and O–H groups in total. The Morgan fingerprint density at radius 3 is 2.41 bits per heavy atom. The van der Waals surface area contributed by atoms with Crippen molar-refractivity contribution in [3.63, 3.8) is 0 Å². The van der Waals surface area contributed by atoms with Crippen LogP contribution in [0.15, 0.2) is 53.3 Å². The quantitative estimate of drug-likeness (QED) is 0.695. The molecule has 0 unspecified atom stereocenters. The zero-order chi connectivity index (χ0) is 20.4. The fraction of sp³-hybridized carbons (Fsp3) is 0.318. The highest BCUT2D eigenvalue weighted by Crippen LogP contribution is 2.17. The Morgan fingerprint density at radius 2 is 1.69 bits per heavy atom. The number of rotatable bonds is 6. The number of imidazole rings is 1. The third-order valence-corrected chi connectivity index (χ3v) is 5.48. The molecule has 2 aromatic carbocycles. The topological polar surface area (TPSA) is 76.3 Å². The molecule has 1 fully saturated rings. The number of likely N-dealkylation sites (tertiary alicyclic amines) is 1. The van der Waals surface area contributed by atoms with Gasteiger partial charge in [0.1, 0.15) is 6.54 Å². The average Bonchev–Trinajstić information content (AvgIpc) is 3.24. The second kappa shape index (κ2) is 7.95. The maximum absolute atomic E-state index is 12.6. The molecular weight excluding hydrogens is 368 g/mol. The summed E-state index contributed by atoms with van der Waals surface area (Å²) in [7, 11) is 1.70. The highest BCUT2D eigenvalue weighted by atomic mass is 16.2. The molecule has 0 aliphatic carbocycles. The maximum atomic E-state index is 12.6. The van der Waals surface area contributed by atoms with Crippen LogP contribution in [0.3, 0.4) is 0 Å². The van der Waals surface area contributed by atoms with Crippen LogP contribution in [0, 0.1) is 0 Å². The third-order valence-electron chi connectivity index (χ3n) is 5.48. The number of nitrogens with zero attached hydrogens (tertiary/aromatic N) is 3. The standard InChI is InChI=1S/C22H24N4O3/c1-24-18-9-4-5-10-19(18)26(22(24)29)15-20(27)23-13-16-7-2-3-8-17(16)14-25-12-6-11-21(25)28/h2-5,7-10H,6,11-15H2,1H3,(H,23,27). The first-order valence-electron chi connectivity index (χ1n) is 9.80. The van der Waals surface area contributed by atoms with Crippen LogP contribution >= 0.6 is 0 Å². The van der Waals surface area contributed by atoms with E-state index in [-0.39, 0.29) is 24.0 Å². The molecule has 7 heteroatoms.